The monoisotopic (exact) mass is 330 g/mol. The quantitative estimate of drug-likeness (QED) is 0.706. The van der Waals surface area contributed by atoms with Crippen LogP contribution in [0.15, 0.2) is 16.6 Å². The third-order valence-corrected chi connectivity index (χ3v) is 2.93. The van der Waals surface area contributed by atoms with Gasteiger partial charge in [0.25, 0.3) is 5.91 Å². The number of halogens is 1. The number of benzene rings is 1. The Morgan fingerprint density at radius 3 is 2.84 bits per heavy atom. The summed E-state index contributed by atoms with van der Waals surface area (Å²) in [6.07, 6.45) is 0. The number of hydrogen-bond donors (Lipinski definition) is 2. The molecular weight excluding hydrogens is 312 g/mol. The van der Waals surface area contributed by atoms with Gasteiger partial charge in [-0.3, -0.25) is 4.79 Å². The number of methoxy groups -OCH3 is 1. The van der Waals surface area contributed by atoms with Gasteiger partial charge in [0.2, 0.25) is 0 Å². The molecule has 0 heterocycles. The first-order chi connectivity index (χ1) is 9.04. The molecule has 0 saturated heterocycles. The van der Waals surface area contributed by atoms with Gasteiger partial charge in [0.1, 0.15) is 5.75 Å². The molecule has 0 aliphatic carbocycles. The number of rotatable bonds is 8. The number of nitrogens with two attached hydrogens (primary N) is 1. The van der Waals surface area contributed by atoms with Crippen molar-refractivity contribution in [3.8, 4) is 5.75 Å². The second kappa shape index (κ2) is 8.14. The van der Waals surface area contributed by atoms with E-state index in [9.17, 15) is 4.79 Å². The summed E-state index contributed by atoms with van der Waals surface area (Å²) in [4.78, 5) is 10.8. The molecule has 6 heteroatoms. The summed E-state index contributed by atoms with van der Waals surface area (Å²) in [7, 11) is 1.66. The summed E-state index contributed by atoms with van der Waals surface area (Å²) in [6.45, 7) is 3.84. The van der Waals surface area contributed by atoms with Crippen molar-refractivity contribution in [3.63, 3.8) is 0 Å². The molecular formula is C13H19BrN2O3. The van der Waals surface area contributed by atoms with Crippen LogP contribution in [0.4, 0.5) is 0 Å². The molecule has 0 aromatic heterocycles. The first-order valence-corrected chi connectivity index (χ1v) is 6.73. The minimum atomic E-state index is -0.486. The molecule has 1 aromatic carbocycles. The van der Waals surface area contributed by atoms with Gasteiger partial charge in [-0.05, 0) is 24.6 Å². The molecule has 1 aromatic rings. The van der Waals surface area contributed by atoms with Crippen LogP contribution < -0.4 is 15.8 Å². The van der Waals surface area contributed by atoms with Crippen molar-refractivity contribution in [1.29, 1.82) is 0 Å². The van der Waals surface area contributed by atoms with Crippen LogP contribution in [-0.2, 0) is 16.1 Å². The Balaban J connectivity index is 2.77. The van der Waals surface area contributed by atoms with Crippen molar-refractivity contribution in [1.82, 2.24) is 5.32 Å². The topological polar surface area (TPSA) is 73.6 Å². The summed E-state index contributed by atoms with van der Waals surface area (Å²) < 4.78 is 11.4. The van der Waals surface area contributed by atoms with Gasteiger partial charge in [0.15, 0.2) is 6.61 Å². The minimum absolute atomic E-state index is 0.118. The third kappa shape index (κ3) is 5.59. The fraction of sp³-hybridized carbons (Fsp3) is 0.462. The van der Waals surface area contributed by atoms with Crippen LogP contribution in [0.5, 0.6) is 5.75 Å². The molecule has 3 N–H and O–H groups in total. The summed E-state index contributed by atoms with van der Waals surface area (Å²) in [6, 6.07) is 3.90. The highest BCUT2D eigenvalue weighted by atomic mass is 79.9. The second-order valence-corrected chi connectivity index (χ2v) is 5.05. The summed E-state index contributed by atoms with van der Waals surface area (Å²) >= 11 is 3.45. The molecule has 0 bridgehead atoms. The van der Waals surface area contributed by atoms with Crippen LogP contribution in [0.1, 0.15) is 11.1 Å². The summed E-state index contributed by atoms with van der Waals surface area (Å²) in [5.41, 5.74) is 7.04. The minimum Gasteiger partial charge on any atom is -0.483 e. The van der Waals surface area contributed by atoms with Crippen molar-refractivity contribution in [2.75, 3.05) is 26.9 Å². The molecule has 0 radical (unpaired) electrons. The van der Waals surface area contributed by atoms with Crippen LogP contribution >= 0.6 is 15.9 Å². The Morgan fingerprint density at radius 2 is 2.21 bits per heavy atom. The number of nitrogens with one attached hydrogen (secondary N) is 1. The second-order valence-electron chi connectivity index (χ2n) is 4.14. The van der Waals surface area contributed by atoms with Crippen LogP contribution in [0, 0.1) is 6.92 Å². The zero-order valence-corrected chi connectivity index (χ0v) is 12.7. The van der Waals surface area contributed by atoms with E-state index in [0.717, 1.165) is 22.1 Å². The zero-order valence-electron chi connectivity index (χ0n) is 11.2. The van der Waals surface area contributed by atoms with Crippen LogP contribution in [0.25, 0.3) is 0 Å². The van der Waals surface area contributed by atoms with Crippen LogP contribution in [0.3, 0.4) is 0 Å². The van der Waals surface area contributed by atoms with E-state index in [2.05, 4.69) is 21.2 Å². The van der Waals surface area contributed by atoms with E-state index in [-0.39, 0.29) is 6.61 Å². The van der Waals surface area contributed by atoms with E-state index in [1.807, 2.05) is 19.1 Å². The fourth-order valence-electron chi connectivity index (χ4n) is 1.68. The van der Waals surface area contributed by atoms with E-state index in [1.165, 1.54) is 0 Å². The standard InChI is InChI=1S/C13H19BrN2O3/c1-9-5-11(14)6-10(7-16-3-4-18-2)13(9)19-8-12(15)17/h5-6,16H,3-4,7-8H2,1-2H3,(H2,15,17). The predicted octanol–water partition coefficient (Wildman–Crippen LogP) is 1.36. The van der Waals surface area contributed by atoms with Crippen LogP contribution in [0.2, 0.25) is 0 Å². The van der Waals surface area contributed by atoms with Crippen molar-refractivity contribution in [3.05, 3.63) is 27.7 Å². The zero-order chi connectivity index (χ0) is 14.3. The Bertz CT molecular complexity index is 438. The van der Waals surface area contributed by atoms with Gasteiger partial charge >= 0.3 is 0 Å². The summed E-state index contributed by atoms with van der Waals surface area (Å²) in [5.74, 6) is 0.215. The van der Waals surface area contributed by atoms with E-state index >= 15 is 0 Å². The molecule has 0 unspecified atom stereocenters. The number of carbonyl (C=O) groups excluding carboxylic acids is 1. The lowest BCUT2D eigenvalue weighted by Crippen LogP contribution is -2.22. The fourth-order valence-corrected chi connectivity index (χ4v) is 2.30. The van der Waals surface area contributed by atoms with Crippen molar-refractivity contribution < 1.29 is 14.3 Å². The van der Waals surface area contributed by atoms with Crippen molar-refractivity contribution >= 4 is 21.8 Å². The SMILES string of the molecule is COCCNCc1cc(Br)cc(C)c1OCC(N)=O. The lowest BCUT2D eigenvalue weighted by Gasteiger charge is -2.14. The molecule has 0 saturated carbocycles. The molecule has 1 rings (SSSR count). The highest BCUT2D eigenvalue weighted by Gasteiger charge is 2.10. The molecule has 106 valence electrons. The first-order valence-electron chi connectivity index (χ1n) is 5.94. The largest absolute Gasteiger partial charge is 0.483 e. The maximum absolute atomic E-state index is 10.8. The Kier molecular flexibility index (Phi) is 6.83. The molecule has 5 nitrogen and oxygen atoms in total. The van der Waals surface area contributed by atoms with E-state index in [0.29, 0.717) is 18.9 Å². The molecule has 0 aliphatic heterocycles. The third-order valence-electron chi connectivity index (χ3n) is 2.47. The van der Waals surface area contributed by atoms with Gasteiger partial charge in [-0.25, -0.2) is 0 Å². The predicted molar refractivity (Wildman–Crippen MR) is 77.2 cm³/mol. The Labute approximate surface area is 121 Å². The maximum Gasteiger partial charge on any atom is 0.255 e. The van der Waals surface area contributed by atoms with Crippen LogP contribution in [-0.4, -0.2) is 32.8 Å². The number of carbonyl (C=O) groups is 1. The van der Waals surface area contributed by atoms with E-state index in [1.54, 1.807) is 7.11 Å². The molecule has 0 spiro atoms. The van der Waals surface area contributed by atoms with E-state index in [4.69, 9.17) is 15.2 Å². The van der Waals surface area contributed by atoms with Gasteiger partial charge in [-0.2, -0.15) is 0 Å². The molecule has 1 amide bonds. The summed E-state index contributed by atoms with van der Waals surface area (Å²) in [5, 5.41) is 3.24. The normalized spacial score (nSPS) is 10.5. The number of hydrogen-bond acceptors (Lipinski definition) is 4. The molecule has 0 atom stereocenters. The van der Waals surface area contributed by atoms with Gasteiger partial charge in [0.05, 0.1) is 6.61 Å². The molecule has 0 fully saturated rings. The lowest BCUT2D eigenvalue weighted by molar-refractivity contribution is -0.119. The lowest BCUT2D eigenvalue weighted by atomic mass is 10.1. The number of aryl methyl sites for hydroxylation is 1. The molecule has 19 heavy (non-hydrogen) atoms. The first kappa shape index (κ1) is 15.9. The Hall–Kier alpha value is -1.11. The highest BCUT2D eigenvalue weighted by Crippen LogP contribution is 2.28. The smallest absolute Gasteiger partial charge is 0.255 e. The molecule has 0 aliphatic rings. The van der Waals surface area contributed by atoms with Gasteiger partial charge in [-0.1, -0.05) is 15.9 Å². The van der Waals surface area contributed by atoms with Crippen molar-refractivity contribution in [2.24, 2.45) is 5.73 Å². The van der Waals surface area contributed by atoms with E-state index < -0.39 is 5.91 Å². The van der Waals surface area contributed by atoms with Gasteiger partial charge in [0, 0.05) is 30.2 Å². The average Bonchev–Trinajstić information content (AvgIpc) is 2.33. The number of primary amides is 1. The number of amides is 1. The number of ether oxygens (including phenoxy) is 2. The van der Waals surface area contributed by atoms with Gasteiger partial charge < -0.3 is 20.5 Å². The highest BCUT2D eigenvalue weighted by molar-refractivity contribution is 9.10. The average molecular weight is 331 g/mol. The van der Waals surface area contributed by atoms with Gasteiger partial charge in [-0.15, -0.1) is 0 Å². The van der Waals surface area contributed by atoms with Crippen molar-refractivity contribution in [2.45, 2.75) is 13.5 Å². The Morgan fingerprint density at radius 1 is 1.47 bits per heavy atom. The maximum atomic E-state index is 10.8.